The number of hydrogen-bond acceptors (Lipinski definition) is 6. The summed E-state index contributed by atoms with van der Waals surface area (Å²) < 4.78 is 16.6. The number of rotatable bonds is 2. The lowest BCUT2D eigenvalue weighted by Gasteiger charge is -2.45. The highest BCUT2D eigenvalue weighted by Crippen LogP contribution is 2.34. The Morgan fingerprint density at radius 1 is 1.19 bits per heavy atom. The van der Waals surface area contributed by atoms with Crippen LogP contribution in [0.3, 0.4) is 0 Å². The molecule has 0 aromatic heterocycles. The maximum Gasteiger partial charge on any atom is 0.184 e. The Hall–Kier alpha value is -1.67. The summed E-state index contributed by atoms with van der Waals surface area (Å²) in [6, 6.07) is 8.36. The van der Waals surface area contributed by atoms with E-state index in [9.17, 15) is 10.2 Å². The van der Waals surface area contributed by atoms with Crippen molar-refractivity contribution in [3.63, 3.8) is 0 Å². The number of aliphatic hydroxyl groups excluding tert-OH is 2. The fourth-order valence-corrected chi connectivity index (χ4v) is 2.57. The summed E-state index contributed by atoms with van der Waals surface area (Å²) in [5, 5.41) is 23.1. The smallest absolute Gasteiger partial charge is 0.184 e. The number of fused-ring (bicyclic) bond motifs is 1. The molecule has 21 heavy (non-hydrogen) atoms. The van der Waals surface area contributed by atoms with Crippen LogP contribution in [-0.4, -0.2) is 47.5 Å². The van der Waals surface area contributed by atoms with Crippen molar-refractivity contribution in [3.05, 3.63) is 46.3 Å². The van der Waals surface area contributed by atoms with E-state index in [-0.39, 0.29) is 6.61 Å². The molecule has 112 valence electrons. The molecule has 8 heteroatoms. The molecule has 0 saturated carbocycles. The lowest BCUT2D eigenvalue weighted by Crippen LogP contribution is -2.60. The van der Waals surface area contributed by atoms with Crippen molar-refractivity contribution in [2.75, 3.05) is 6.61 Å². The second kappa shape index (κ2) is 5.98. The molecule has 0 aliphatic carbocycles. The standard InChI is InChI=1S/C13H15N3O5/c14-16-15-9-10(17)12(18)20-8-6-19-13(21-11(8)9)7-4-2-1-3-5-7/h1-5,8-13,17-18H,6H2/t8?,9-,10?,11+,12-,13?/m1/s1. The van der Waals surface area contributed by atoms with E-state index >= 15 is 0 Å². The molecule has 0 radical (unpaired) electrons. The predicted octanol–water partition coefficient (Wildman–Crippen LogP) is 0.858. The van der Waals surface area contributed by atoms with Crippen molar-refractivity contribution in [1.29, 1.82) is 0 Å². The van der Waals surface area contributed by atoms with E-state index < -0.39 is 36.9 Å². The predicted molar refractivity (Wildman–Crippen MR) is 69.8 cm³/mol. The maximum absolute atomic E-state index is 9.90. The highest BCUT2D eigenvalue weighted by atomic mass is 16.7. The van der Waals surface area contributed by atoms with Crippen LogP contribution in [0, 0.1) is 0 Å². The first-order valence-electron chi connectivity index (χ1n) is 6.58. The van der Waals surface area contributed by atoms with Gasteiger partial charge in [0.05, 0.1) is 12.6 Å². The first-order valence-corrected chi connectivity index (χ1v) is 6.58. The van der Waals surface area contributed by atoms with Gasteiger partial charge in [-0.15, -0.1) is 0 Å². The molecule has 3 rings (SSSR count). The number of aliphatic hydroxyl groups is 2. The number of benzene rings is 1. The number of hydrogen-bond donors (Lipinski definition) is 2. The molecule has 2 aliphatic rings. The van der Waals surface area contributed by atoms with Crippen LogP contribution in [0.5, 0.6) is 0 Å². The minimum atomic E-state index is -1.43. The Balaban J connectivity index is 1.82. The van der Waals surface area contributed by atoms with Gasteiger partial charge in [-0.3, -0.25) is 0 Å². The molecule has 2 saturated heterocycles. The molecule has 2 heterocycles. The van der Waals surface area contributed by atoms with Crippen LogP contribution in [0.4, 0.5) is 0 Å². The minimum absolute atomic E-state index is 0.172. The first kappa shape index (κ1) is 14.3. The van der Waals surface area contributed by atoms with E-state index in [0.717, 1.165) is 5.56 Å². The summed E-state index contributed by atoms with van der Waals surface area (Å²) in [4.78, 5) is 2.71. The Morgan fingerprint density at radius 3 is 2.67 bits per heavy atom. The monoisotopic (exact) mass is 293 g/mol. The molecular weight excluding hydrogens is 278 g/mol. The molecule has 0 spiro atoms. The van der Waals surface area contributed by atoms with Crippen LogP contribution in [0.2, 0.25) is 0 Å². The molecule has 1 aromatic carbocycles. The SMILES string of the molecule is [N-]=[N+]=N[C@@H]1C(O)[C@H](O)OC2COC(c3ccccc3)O[C@@H]21. The Morgan fingerprint density at radius 2 is 1.95 bits per heavy atom. The largest absolute Gasteiger partial charge is 0.387 e. The van der Waals surface area contributed by atoms with Gasteiger partial charge in [-0.2, -0.15) is 0 Å². The highest BCUT2D eigenvalue weighted by Gasteiger charge is 2.48. The molecule has 3 unspecified atom stereocenters. The Bertz CT molecular complexity index is 536. The Labute approximate surface area is 120 Å². The molecule has 2 fully saturated rings. The summed E-state index contributed by atoms with van der Waals surface area (Å²) in [5.41, 5.74) is 9.45. The van der Waals surface area contributed by atoms with Crippen molar-refractivity contribution in [2.45, 2.75) is 36.9 Å². The van der Waals surface area contributed by atoms with Gasteiger partial charge in [-0.05, 0) is 5.53 Å². The second-order valence-electron chi connectivity index (χ2n) is 4.93. The van der Waals surface area contributed by atoms with Gasteiger partial charge in [-0.1, -0.05) is 35.4 Å². The summed E-state index contributed by atoms with van der Waals surface area (Å²) in [6.45, 7) is 0.172. The fraction of sp³-hybridized carbons (Fsp3) is 0.538. The number of nitrogens with zero attached hydrogens (tertiary/aromatic N) is 3. The third-order valence-electron chi connectivity index (χ3n) is 3.61. The van der Waals surface area contributed by atoms with Gasteiger partial charge in [0.25, 0.3) is 0 Å². The molecule has 1 aromatic rings. The summed E-state index contributed by atoms with van der Waals surface area (Å²) in [5.74, 6) is 0. The van der Waals surface area contributed by atoms with Crippen LogP contribution in [0.25, 0.3) is 10.4 Å². The normalized spacial score (nSPS) is 39.1. The van der Waals surface area contributed by atoms with E-state index in [4.69, 9.17) is 19.7 Å². The molecule has 6 atom stereocenters. The zero-order valence-electron chi connectivity index (χ0n) is 11.0. The lowest BCUT2D eigenvalue weighted by atomic mass is 9.96. The van der Waals surface area contributed by atoms with Crippen molar-refractivity contribution in [3.8, 4) is 0 Å². The van der Waals surface area contributed by atoms with Gasteiger partial charge < -0.3 is 24.4 Å². The van der Waals surface area contributed by atoms with Gasteiger partial charge in [0, 0.05) is 10.5 Å². The lowest BCUT2D eigenvalue weighted by molar-refractivity contribution is -0.334. The summed E-state index contributed by atoms with van der Waals surface area (Å²) in [7, 11) is 0. The zero-order chi connectivity index (χ0) is 14.8. The third-order valence-corrected chi connectivity index (χ3v) is 3.61. The average molecular weight is 293 g/mol. The Kier molecular flexibility index (Phi) is 4.07. The van der Waals surface area contributed by atoms with Gasteiger partial charge in [0.2, 0.25) is 0 Å². The van der Waals surface area contributed by atoms with E-state index in [0.29, 0.717) is 0 Å². The second-order valence-corrected chi connectivity index (χ2v) is 4.93. The van der Waals surface area contributed by atoms with E-state index in [1.54, 1.807) is 0 Å². The quantitative estimate of drug-likeness (QED) is 0.476. The van der Waals surface area contributed by atoms with Crippen molar-refractivity contribution >= 4 is 0 Å². The molecule has 8 nitrogen and oxygen atoms in total. The van der Waals surface area contributed by atoms with Crippen LogP contribution in [0.1, 0.15) is 11.9 Å². The van der Waals surface area contributed by atoms with E-state index in [2.05, 4.69) is 10.0 Å². The van der Waals surface area contributed by atoms with Crippen LogP contribution in [0.15, 0.2) is 35.4 Å². The average Bonchev–Trinajstić information content (AvgIpc) is 2.52. The van der Waals surface area contributed by atoms with Crippen LogP contribution < -0.4 is 0 Å². The van der Waals surface area contributed by atoms with E-state index in [1.807, 2.05) is 30.3 Å². The molecule has 2 aliphatic heterocycles. The fourth-order valence-electron chi connectivity index (χ4n) is 2.57. The molecule has 0 bridgehead atoms. The molecule has 2 N–H and O–H groups in total. The van der Waals surface area contributed by atoms with E-state index in [1.165, 1.54) is 0 Å². The van der Waals surface area contributed by atoms with Gasteiger partial charge in [-0.25, -0.2) is 0 Å². The van der Waals surface area contributed by atoms with Crippen molar-refractivity contribution < 1.29 is 24.4 Å². The van der Waals surface area contributed by atoms with Crippen LogP contribution in [-0.2, 0) is 14.2 Å². The third kappa shape index (κ3) is 2.73. The van der Waals surface area contributed by atoms with Crippen molar-refractivity contribution in [2.24, 2.45) is 5.11 Å². The zero-order valence-corrected chi connectivity index (χ0v) is 11.0. The number of ether oxygens (including phenoxy) is 3. The van der Waals surface area contributed by atoms with Crippen LogP contribution >= 0.6 is 0 Å². The van der Waals surface area contributed by atoms with Crippen molar-refractivity contribution in [1.82, 2.24) is 0 Å². The molecular formula is C13H15N3O5. The van der Waals surface area contributed by atoms with Gasteiger partial charge in [0.1, 0.15) is 18.3 Å². The van der Waals surface area contributed by atoms with Gasteiger partial charge >= 0.3 is 0 Å². The topological polar surface area (TPSA) is 117 Å². The summed E-state index contributed by atoms with van der Waals surface area (Å²) in [6.07, 6.45) is -4.68. The minimum Gasteiger partial charge on any atom is -0.387 e. The molecule has 0 amide bonds. The highest BCUT2D eigenvalue weighted by molar-refractivity contribution is 5.16. The van der Waals surface area contributed by atoms with Gasteiger partial charge in [0.15, 0.2) is 12.6 Å². The maximum atomic E-state index is 9.90. The first-order chi connectivity index (χ1) is 10.2. The summed E-state index contributed by atoms with van der Waals surface area (Å²) >= 11 is 0. The number of azide groups is 1.